The second-order valence-electron chi connectivity index (χ2n) is 12.0. The van der Waals surface area contributed by atoms with Crippen LogP contribution in [0.2, 0.25) is 0 Å². The number of nitrogens with one attached hydrogen (secondary N) is 1. The number of rotatable bonds is 10. The van der Waals surface area contributed by atoms with Gasteiger partial charge in [-0.05, 0) is 36.8 Å². The van der Waals surface area contributed by atoms with E-state index in [1.54, 1.807) is 24.4 Å². The lowest BCUT2D eigenvalue weighted by Gasteiger charge is -2.26. The number of morpholine rings is 1. The molecule has 4 N–H and O–H groups in total. The zero-order valence-electron chi connectivity index (χ0n) is 27.6. The molecule has 260 valence electrons. The quantitative estimate of drug-likeness (QED) is 0.144. The Balaban J connectivity index is 1.15. The van der Waals surface area contributed by atoms with Gasteiger partial charge in [0.2, 0.25) is 5.91 Å². The first-order chi connectivity index (χ1) is 24.9. The number of carbonyl (C=O) groups is 1. The SMILES string of the molecule is Nc1ncnc2c1c(-c1cc(O)cc(F)c1)nn2Cc1nn2ccc(C#CCCCC(=O)NCCN3CCOCC3)c2c(=O)n1-c1ccccc1. The summed E-state index contributed by atoms with van der Waals surface area (Å²) in [7, 11) is 0. The number of aromatic hydroxyl groups is 1. The maximum absolute atomic E-state index is 14.3. The fourth-order valence-corrected chi connectivity index (χ4v) is 6.11. The van der Waals surface area contributed by atoms with E-state index in [1.165, 1.54) is 32.2 Å². The summed E-state index contributed by atoms with van der Waals surface area (Å²) in [6.07, 6.45) is 4.39. The molecule has 4 aromatic heterocycles. The molecule has 0 bridgehead atoms. The summed E-state index contributed by atoms with van der Waals surface area (Å²) in [5.74, 6) is 5.71. The number of halogens is 1. The number of anilines is 1. The van der Waals surface area contributed by atoms with Crippen LogP contribution in [0.1, 0.15) is 30.7 Å². The smallest absolute Gasteiger partial charge is 0.283 e. The highest BCUT2D eigenvalue weighted by atomic mass is 19.1. The van der Waals surface area contributed by atoms with Crippen LogP contribution >= 0.6 is 0 Å². The van der Waals surface area contributed by atoms with E-state index in [1.807, 2.05) is 18.2 Å². The average molecular weight is 691 g/mol. The first-order valence-corrected chi connectivity index (χ1v) is 16.6. The van der Waals surface area contributed by atoms with E-state index < -0.39 is 5.82 Å². The molecule has 1 aliphatic heterocycles. The van der Waals surface area contributed by atoms with Crippen molar-refractivity contribution in [2.24, 2.45) is 0 Å². The molecule has 15 heteroatoms. The minimum atomic E-state index is -0.653. The van der Waals surface area contributed by atoms with Gasteiger partial charge < -0.3 is 20.9 Å². The number of unbranched alkanes of at least 4 members (excludes halogenated alkanes) is 1. The van der Waals surface area contributed by atoms with Crippen LogP contribution in [0.5, 0.6) is 5.75 Å². The van der Waals surface area contributed by atoms with Gasteiger partial charge in [-0.15, -0.1) is 0 Å². The Labute approximate surface area is 291 Å². The van der Waals surface area contributed by atoms with Crippen LogP contribution in [-0.2, 0) is 16.1 Å². The van der Waals surface area contributed by atoms with E-state index >= 15 is 0 Å². The van der Waals surface area contributed by atoms with Crippen molar-refractivity contribution in [1.82, 2.24) is 44.1 Å². The predicted octanol–water partition coefficient (Wildman–Crippen LogP) is 2.74. The minimum Gasteiger partial charge on any atom is -0.508 e. The molecule has 0 saturated carbocycles. The summed E-state index contributed by atoms with van der Waals surface area (Å²) in [6, 6.07) is 14.4. The van der Waals surface area contributed by atoms with Gasteiger partial charge in [0.05, 0.1) is 29.9 Å². The average Bonchev–Trinajstić information content (AvgIpc) is 3.71. The summed E-state index contributed by atoms with van der Waals surface area (Å²) < 4.78 is 24.2. The summed E-state index contributed by atoms with van der Waals surface area (Å²) in [5.41, 5.74) is 8.15. The molecule has 1 aliphatic rings. The van der Waals surface area contributed by atoms with Crippen LogP contribution in [0, 0.1) is 17.7 Å². The molecule has 2 aromatic carbocycles. The van der Waals surface area contributed by atoms with Crippen molar-refractivity contribution in [2.45, 2.75) is 25.8 Å². The van der Waals surface area contributed by atoms with Crippen LogP contribution in [0.3, 0.4) is 0 Å². The van der Waals surface area contributed by atoms with E-state index in [0.717, 1.165) is 38.9 Å². The van der Waals surface area contributed by atoms with E-state index in [4.69, 9.17) is 15.6 Å². The number of para-hydroxylation sites is 1. The summed E-state index contributed by atoms with van der Waals surface area (Å²) in [4.78, 5) is 37.3. The van der Waals surface area contributed by atoms with Crippen molar-refractivity contribution < 1.29 is 19.0 Å². The number of fused-ring (bicyclic) bond motifs is 2. The van der Waals surface area contributed by atoms with Gasteiger partial charge in [0, 0.05) is 56.8 Å². The van der Waals surface area contributed by atoms with E-state index in [2.05, 4.69) is 37.1 Å². The number of aromatic nitrogens is 7. The molecule has 0 atom stereocenters. The van der Waals surface area contributed by atoms with Gasteiger partial charge >= 0.3 is 0 Å². The molecule has 0 spiro atoms. The lowest BCUT2D eigenvalue weighted by atomic mass is 10.1. The van der Waals surface area contributed by atoms with Gasteiger partial charge in [0.15, 0.2) is 11.5 Å². The molecule has 1 amide bonds. The molecule has 0 unspecified atom stereocenters. The van der Waals surface area contributed by atoms with Crippen molar-refractivity contribution >= 4 is 28.3 Å². The number of nitrogen functional groups attached to an aromatic ring is 1. The molecule has 51 heavy (non-hydrogen) atoms. The van der Waals surface area contributed by atoms with Gasteiger partial charge in [0.1, 0.15) is 41.5 Å². The lowest BCUT2D eigenvalue weighted by Crippen LogP contribution is -2.41. The molecule has 1 fully saturated rings. The van der Waals surface area contributed by atoms with Crippen molar-refractivity contribution in [3.8, 4) is 34.5 Å². The van der Waals surface area contributed by atoms with Gasteiger partial charge in [-0.3, -0.25) is 19.1 Å². The number of carbonyl (C=O) groups excluding carboxylic acids is 1. The summed E-state index contributed by atoms with van der Waals surface area (Å²) in [6.45, 7) is 4.59. The van der Waals surface area contributed by atoms with E-state index in [-0.39, 0.29) is 40.8 Å². The number of hydrogen-bond acceptors (Lipinski definition) is 10. The number of ether oxygens (including phenoxy) is 1. The monoisotopic (exact) mass is 690 g/mol. The van der Waals surface area contributed by atoms with Crippen molar-refractivity contribution in [3.05, 3.63) is 94.7 Å². The topological polar surface area (TPSA) is 171 Å². The van der Waals surface area contributed by atoms with Crippen molar-refractivity contribution in [2.75, 3.05) is 45.1 Å². The number of phenols is 1. The van der Waals surface area contributed by atoms with Gasteiger partial charge in [-0.25, -0.2) is 23.6 Å². The molecular weight excluding hydrogens is 655 g/mol. The first-order valence-electron chi connectivity index (χ1n) is 16.6. The fraction of sp³-hybridized carbons (Fsp3) is 0.278. The van der Waals surface area contributed by atoms with Crippen LogP contribution in [-0.4, -0.2) is 89.2 Å². The molecule has 0 radical (unpaired) electrons. The second kappa shape index (κ2) is 14.8. The standard InChI is InChI=1S/C36H35FN10O4/c37-26-19-25(20-28(48)21-26)32-31-34(38)40-23-41-35(31)46(43-32)22-29-42-45-13-11-24(33(45)36(50)47(29)27-8-4-2-5-9-27)7-3-1-6-10-30(49)39-12-14-44-15-17-51-18-16-44/h2,4-5,8-9,11,13,19-21,23,48H,1,6,10,12,14-18,22H2,(H,39,49)(H2,38,40,41). The molecule has 6 aromatic rings. The molecule has 0 aliphatic carbocycles. The fourth-order valence-electron chi connectivity index (χ4n) is 6.11. The Morgan fingerprint density at radius 1 is 1.08 bits per heavy atom. The Bertz CT molecular complexity index is 2320. The van der Waals surface area contributed by atoms with Gasteiger partial charge in [0.25, 0.3) is 5.56 Å². The van der Waals surface area contributed by atoms with Crippen LogP contribution in [0.25, 0.3) is 33.5 Å². The molecular formula is C36H35FN10O4. The molecule has 7 rings (SSSR count). The largest absolute Gasteiger partial charge is 0.508 e. The molecule has 1 saturated heterocycles. The highest BCUT2D eigenvalue weighted by molar-refractivity contribution is 5.98. The molecule has 14 nitrogen and oxygen atoms in total. The van der Waals surface area contributed by atoms with E-state index in [0.29, 0.717) is 59.4 Å². The highest BCUT2D eigenvalue weighted by Gasteiger charge is 2.22. The summed E-state index contributed by atoms with van der Waals surface area (Å²) in [5, 5.41) is 22.9. The summed E-state index contributed by atoms with van der Waals surface area (Å²) >= 11 is 0. The Morgan fingerprint density at radius 2 is 1.90 bits per heavy atom. The third-order valence-corrected chi connectivity index (χ3v) is 8.56. The predicted molar refractivity (Wildman–Crippen MR) is 188 cm³/mol. The number of phenolic OH excluding ortho intramolecular Hbond substituents is 1. The zero-order chi connectivity index (χ0) is 35.3. The normalized spacial score (nSPS) is 13.4. The number of nitrogens with two attached hydrogens (primary N) is 1. The lowest BCUT2D eigenvalue weighted by molar-refractivity contribution is -0.121. The van der Waals surface area contributed by atoms with Gasteiger partial charge in [-0.1, -0.05) is 30.0 Å². The van der Waals surface area contributed by atoms with Crippen LogP contribution in [0.4, 0.5) is 10.2 Å². The van der Waals surface area contributed by atoms with Crippen LogP contribution < -0.4 is 16.6 Å². The van der Waals surface area contributed by atoms with Crippen LogP contribution in [0.15, 0.2) is 71.9 Å². The Hall–Kier alpha value is -6.11. The number of nitrogens with zero attached hydrogens (tertiary/aromatic N) is 8. The molecule has 5 heterocycles. The van der Waals surface area contributed by atoms with Crippen molar-refractivity contribution in [3.63, 3.8) is 0 Å². The third-order valence-electron chi connectivity index (χ3n) is 8.56. The van der Waals surface area contributed by atoms with Gasteiger partial charge in [-0.2, -0.15) is 10.2 Å². The minimum absolute atomic E-state index is 0.0119. The third kappa shape index (κ3) is 7.28. The zero-order valence-corrected chi connectivity index (χ0v) is 27.6. The number of benzene rings is 2. The highest BCUT2D eigenvalue weighted by Crippen LogP contribution is 2.32. The Morgan fingerprint density at radius 3 is 2.71 bits per heavy atom. The van der Waals surface area contributed by atoms with Crippen molar-refractivity contribution in [1.29, 1.82) is 0 Å². The first kappa shape index (κ1) is 33.4. The maximum Gasteiger partial charge on any atom is 0.283 e. The van der Waals surface area contributed by atoms with E-state index in [9.17, 15) is 19.1 Å². The number of amides is 1. The second-order valence-corrected chi connectivity index (χ2v) is 12.0. The number of hydrogen-bond donors (Lipinski definition) is 3. The Kier molecular flexibility index (Phi) is 9.68. The maximum atomic E-state index is 14.3.